The third-order valence-electron chi connectivity index (χ3n) is 1.71. The number of hydrogen-bond acceptors (Lipinski definition) is 5. The molecular formula is C8H11N3O3. The van der Waals surface area contributed by atoms with Gasteiger partial charge in [0.2, 0.25) is 5.91 Å². The average molecular weight is 197 g/mol. The minimum Gasteiger partial charge on any atom is -0.397 e. The quantitative estimate of drug-likeness (QED) is 0.471. The van der Waals surface area contributed by atoms with E-state index in [0.29, 0.717) is 5.69 Å². The highest BCUT2D eigenvalue weighted by molar-refractivity contribution is 5.79. The van der Waals surface area contributed by atoms with Crippen molar-refractivity contribution in [1.82, 2.24) is 4.98 Å². The first-order valence-corrected chi connectivity index (χ1v) is 3.88. The first-order valence-electron chi connectivity index (χ1n) is 3.88. The molecule has 0 fully saturated rings. The number of carbonyl (C=O) groups excluding carboxylic acids is 1. The Morgan fingerprint density at radius 3 is 2.57 bits per heavy atom. The number of pyridine rings is 1. The van der Waals surface area contributed by atoms with Gasteiger partial charge in [0.25, 0.3) is 0 Å². The number of primary amides is 1. The summed E-state index contributed by atoms with van der Waals surface area (Å²) in [6.45, 7) is 0. The monoisotopic (exact) mass is 197 g/mol. The summed E-state index contributed by atoms with van der Waals surface area (Å²) in [7, 11) is 0. The Morgan fingerprint density at radius 2 is 2.07 bits per heavy atom. The molecular weight excluding hydrogens is 186 g/mol. The number of nitrogen functional groups attached to an aromatic ring is 1. The summed E-state index contributed by atoms with van der Waals surface area (Å²) < 4.78 is 0. The lowest BCUT2D eigenvalue weighted by atomic mass is 10.1. The van der Waals surface area contributed by atoms with Crippen LogP contribution in [0.3, 0.4) is 0 Å². The maximum absolute atomic E-state index is 10.6. The Hall–Kier alpha value is -1.66. The largest absolute Gasteiger partial charge is 0.397 e. The summed E-state index contributed by atoms with van der Waals surface area (Å²) in [4.78, 5) is 14.3. The molecule has 0 aromatic carbocycles. The van der Waals surface area contributed by atoms with Crippen LogP contribution in [0.1, 0.15) is 11.7 Å². The van der Waals surface area contributed by atoms with E-state index in [4.69, 9.17) is 16.6 Å². The zero-order chi connectivity index (χ0) is 10.7. The van der Waals surface area contributed by atoms with Crippen molar-refractivity contribution in [3.05, 3.63) is 24.0 Å². The van der Waals surface area contributed by atoms with Crippen LogP contribution in [0, 0.1) is 0 Å². The lowest BCUT2D eigenvalue weighted by molar-refractivity contribution is -0.131. The van der Waals surface area contributed by atoms with Gasteiger partial charge in [-0.3, -0.25) is 9.78 Å². The van der Waals surface area contributed by atoms with Gasteiger partial charge in [-0.15, -0.1) is 0 Å². The van der Waals surface area contributed by atoms with Gasteiger partial charge in [0, 0.05) is 18.0 Å². The number of aliphatic hydroxyl groups is 2. The minimum absolute atomic E-state index is 0.247. The van der Waals surface area contributed by atoms with E-state index in [0.717, 1.165) is 0 Å². The molecule has 0 aliphatic rings. The molecule has 0 radical (unpaired) electrons. The lowest BCUT2D eigenvalue weighted by Crippen LogP contribution is -2.33. The van der Waals surface area contributed by atoms with Crippen molar-refractivity contribution in [1.29, 1.82) is 0 Å². The first kappa shape index (κ1) is 10.4. The highest BCUT2D eigenvalue weighted by Crippen LogP contribution is 2.17. The van der Waals surface area contributed by atoms with Gasteiger partial charge in [-0.2, -0.15) is 0 Å². The minimum atomic E-state index is -1.65. The van der Waals surface area contributed by atoms with E-state index in [1.54, 1.807) is 0 Å². The molecule has 0 aliphatic heterocycles. The molecule has 0 spiro atoms. The summed E-state index contributed by atoms with van der Waals surface area (Å²) in [5.41, 5.74) is 10.8. The molecule has 0 saturated heterocycles. The number of aromatic nitrogens is 1. The van der Waals surface area contributed by atoms with Gasteiger partial charge in [-0.25, -0.2) is 0 Å². The zero-order valence-electron chi connectivity index (χ0n) is 7.29. The van der Waals surface area contributed by atoms with E-state index in [-0.39, 0.29) is 5.56 Å². The van der Waals surface area contributed by atoms with Gasteiger partial charge < -0.3 is 21.7 Å². The highest BCUT2D eigenvalue weighted by Gasteiger charge is 2.23. The average Bonchev–Trinajstić information content (AvgIpc) is 2.15. The summed E-state index contributed by atoms with van der Waals surface area (Å²) >= 11 is 0. The Morgan fingerprint density at radius 1 is 1.43 bits per heavy atom. The molecule has 0 bridgehead atoms. The second-order valence-electron chi connectivity index (χ2n) is 2.84. The number of rotatable bonds is 3. The molecule has 0 aliphatic carbocycles. The molecule has 0 saturated carbocycles. The van der Waals surface area contributed by atoms with Crippen LogP contribution in [-0.2, 0) is 4.79 Å². The van der Waals surface area contributed by atoms with Crippen molar-refractivity contribution in [2.45, 2.75) is 12.2 Å². The van der Waals surface area contributed by atoms with E-state index < -0.39 is 18.1 Å². The SMILES string of the molecule is NC(=O)C(O)C(O)c1cncc(N)c1. The second-order valence-corrected chi connectivity index (χ2v) is 2.84. The standard InChI is InChI=1S/C8H11N3O3/c9-5-1-4(2-11-3-5)6(12)7(13)8(10)14/h1-3,6-7,12-13H,9H2,(H2,10,14). The third kappa shape index (κ3) is 2.18. The van der Waals surface area contributed by atoms with Crippen LogP contribution < -0.4 is 11.5 Å². The number of aliphatic hydroxyl groups excluding tert-OH is 2. The van der Waals surface area contributed by atoms with E-state index in [2.05, 4.69) is 4.98 Å². The number of nitrogens with two attached hydrogens (primary N) is 2. The molecule has 6 nitrogen and oxygen atoms in total. The predicted molar refractivity (Wildman–Crippen MR) is 48.8 cm³/mol. The molecule has 76 valence electrons. The first-order chi connectivity index (χ1) is 6.52. The van der Waals surface area contributed by atoms with Gasteiger partial charge in [0.1, 0.15) is 6.10 Å². The van der Waals surface area contributed by atoms with Crippen molar-refractivity contribution in [2.24, 2.45) is 5.73 Å². The fourth-order valence-corrected chi connectivity index (χ4v) is 0.976. The van der Waals surface area contributed by atoms with Crippen molar-refractivity contribution >= 4 is 11.6 Å². The fourth-order valence-electron chi connectivity index (χ4n) is 0.976. The van der Waals surface area contributed by atoms with Gasteiger partial charge in [-0.1, -0.05) is 0 Å². The van der Waals surface area contributed by atoms with Gasteiger partial charge in [0.05, 0.1) is 5.69 Å². The molecule has 6 N–H and O–H groups in total. The molecule has 1 rings (SSSR count). The smallest absolute Gasteiger partial charge is 0.249 e. The molecule has 1 heterocycles. The van der Waals surface area contributed by atoms with Crippen LogP contribution in [0.25, 0.3) is 0 Å². The molecule has 1 amide bonds. The van der Waals surface area contributed by atoms with E-state index in [9.17, 15) is 9.90 Å². The molecule has 1 aromatic rings. The van der Waals surface area contributed by atoms with Crippen molar-refractivity contribution < 1.29 is 15.0 Å². The van der Waals surface area contributed by atoms with Crippen LogP contribution in [0.4, 0.5) is 5.69 Å². The number of amides is 1. The summed E-state index contributed by atoms with van der Waals surface area (Å²) in [5, 5.41) is 18.6. The Labute approximate surface area is 80.2 Å². The maximum atomic E-state index is 10.6. The third-order valence-corrected chi connectivity index (χ3v) is 1.71. The van der Waals surface area contributed by atoms with Crippen LogP contribution in [-0.4, -0.2) is 27.2 Å². The number of hydrogen-bond donors (Lipinski definition) is 4. The summed E-state index contributed by atoms with van der Waals surface area (Å²) in [6.07, 6.45) is -0.373. The lowest BCUT2D eigenvalue weighted by Gasteiger charge is -2.14. The van der Waals surface area contributed by atoms with E-state index >= 15 is 0 Å². The van der Waals surface area contributed by atoms with Crippen LogP contribution in [0.2, 0.25) is 0 Å². The topological polar surface area (TPSA) is 122 Å². The Balaban J connectivity index is 2.89. The zero-order valence-corrected chi connectivity index (χ0v) is 7.29. The number of carbonyl (C=O) groups is 1. The Bertz CT molecular complexity index is 342. The number of nitrogens with zero attached hydrogens (tertiary/aromatic N) is 1. The second kappa shape index (κ2) is 4.03. The van der Waals surface area contributed by atoms with Gasteiger partial charge >= 0.3 is 0 Å². The molecule has 2 atom stereocenters. The van der Waals surface area contributed by atoms with Crippen molar-refractivity contribution in [2.75, 3.05) is 5.73 Å². The van der Waals surface area contributed by atoms with Crippen molar-refractivity contribution in [3.8, 4) is 0 Å². The Kier molecular flexibility index (Phi) is 3.00. The van der Waals surface area contributed by atoms with Crippen LogP contribution in [0.5, 0.6) is 0 Å². The maximum Gasteiger partial charge on any atom is 0.249 e. The van der Waals surface area contributed by atoms with E-state index in [1.807, 2.05) is 0 Å². The van der Waals surface area contributed by atoms with Gasteiger partial charge in [0.15, 0.2) is 6.10 Å². The normalized spacial score (nSPS) is 14.7. The van der Waals surface area contributed by atoms with Gasteiger partial charge in [-0.05, 0) is 6.07 Å². The molecule has 2 unspecified atom stereocenters. The summed E-state index contributed by atoms with van der Waals surface area (Å²) in [6, 6.07) is 1.41. The summed E-state index contributed by atoms with van der Waals surface area (Å²) in [5.74, 6) is -1.00. The fraction of sp³-hybridized carbons (Fsp3) is 0.250. The molecule has 14 heavy (non-hydrogen) atoms. The van der Waals surface area contributed by atoms with Crippen molar-refractivity contribution in [3.63, 3.8) is 0 Å². The molecule has 6 heteroatoms. The predicted octanol–water partition coefficient (Wildman–Crippen LogP) is -1.46. The molecule has 1 aromatic heterocycles. The van der Waals surface area contributed by atoms with E-state index in [1.165, 1.54) is 18.5 Å². The highest BCUT2D eigenvalue weighted by atomic mass is 16.3. The number of anilines is 1. The van der Waals surface area contributed by atoms with Crippen LogP contribution >= 0.6 is 0 Å². The van der Waals surface area contributed by atoms with Crippen LogP contribution in [0.15, 0.2) is 18.5 Å².